The number of hydrogen-bond acceptors (Lipinski definition) is 2. The number of H-pyrrole nitrogens is 1. The van der Waals surface area contributed by atoms with Crippen LogP contribution < -0.4 is 5.73 Å². The molecule has 0 spiro atoms. The van der Waals surface area contributed by atoms with Crippen molar-refractivity contribution in [2.45, 2.75) is 44.6 Å². The summed E-state index contributed by atoms with van der Waals surface area (Å²) < 4.78 is 0. The fraction of sp³-hybridized carbons (Fsp3) is 0.471. The highest BCUT2D eigenvalue weighted by Gasteiger charge is 2.32. The molecule has 1 aromatic carbocycles. The van der Waals surface area contributed by atoms with E-state index in [-0.39, 0.29) is 12.0 Å². The summed E-state index contributed by atoms with van der Waals surface area (Å²) in [5.41, 5.74) is 10.6. The number of hydrogen-bond donors (Lipinski definition) is 3. The van der Waals surface area contributed by atoms with Crippen LogP contribution in [0, 0.1) is 5.92 Å². The molecule has 4 rings (SSSR count). The summed E-state index contributed by atoms with van der Waals surface area (Å²) in [7, 11) is 0. The second-order valence-electron chi connectivity index (χ2n) is 6.63. The highest BCUT2D eigenvalue weighted by atomic mass is 16.3. The van der Waals surface area contributed by atoms with E-state index in [2.05, 4.69) is 18.0 Å². The highest BCUT2D eigenvalue weighted by Crippen LogP contribution is 2.46. The van der Waals surface area contributed by atoms with Gasteiger partial charge in [-0.15, -0.1) is 0 Å². The van der Waals surface area contributed by atoms with Gasteiger partial charge < -0.3 is 15.8 Å². The van der Waals surface area contributed by atoms with Gasteiger partial charge in [0.2, 0.25) is 0 Å². The third-order valence-electron chi connectivity index (χ3n) is 5.06. The summed E-state index contributed by atoms with van der Waals surface area (Å²) >= 11 is 0. The lowest BCUT2D eigenvalue weighted by Gasteiger charge is -2.24. The summed E-state index contributed by atoms with van der Waals surface area (Å²) in [5.74, 6) is 0.451. The monoisotopic (exact) mass is 284 g/mol. The van der Waals surface area contributed by atoms with Crippen molar-refractivity contribution in [2.24, 2.45) is 11.7 Å². The van der Waals surface area contributed by atoms with Crippen molar-refractivity contribution in [1.82, 2.24) is 4.98 Å². The zero-order valence-electron chi connectivity index (χ0n) is 12.1. The summed E-state index contributed by atoms with van der Waals surface area (Å²) in [4.78, 5) is 15.1. The molecule has 2 aliphatic carbocycles. The van der Waals surface area contributed by atoms with E-state index in [1.165, 1.54) is 29.7 Å². The number of aliphatic hydroxyl groups is 1. The number of aromatic nitrogens is 1. The van der Waals surface area contributed by atoms with Crippen LogP contribution >= 0.6 is 0 Å². The van der Waals surface area contributed by atoms with E-state index in [9.17, 15) is 9.90 Å². The second-order valence-corrected chi connectivity index (χ2v) is 6.63. The summed E-state index contributed by atoms with van der Waals surface area (Å²) in [5, 5.41) is 11.4. The van der Waals surface area contributed by atoms with E-state index in [1.54, 1.807) is 0 Å². The smallest absolute Gasteiger partial charge is 0.250 e. The molecule has 2 atom stereocenters. The van der Waals surface area contributed by atoms with Crippen LogP contribution in [0.4, 0.5) is 0 Å². The quantitative estimate of drug-likeness (QED) is 0.790. The van der Waals surface area contributed by atoms with E-state index in [0.29, 0.717) is 17.9 Å². The van der Waals surface area contributed by atoms with Gasteiger partial charge in [-0.1, -0.05) is 13.0 Å². The van der Waals surface area contributed by atoms with E-state index in [4.69, 9.17) is 5.73 Å². The Morgan fingerprint density at radius 1 is 1.33 bits per heavy atom. The molecule has 4 nitrogen and oxygen atoms in total. The molecule has 1 fully saturated rings. The Morgan fingerprint density at radius 2 is 2.10 bits per heavy atom. The number of carbonyl (C=O) groups excluding carboxylic acids is 1. The van der Waals surface area contributed by atoms with E-state index < -0.39 is 5.91 Å². The van der Waals surface area contributed by atoms with Crippen molar-refractivity contribution in [3.05, 3.63) is 34.5 Å². The standard InChI is InChI=1S/C17H20N2O2/c1-8-6-13-12(7-14(8)20)15-10(9-2-3-9)4-5-11(17(18)21)16(15)19-13/h4-5,8-9,14,19-20H,2-3,6-7H2,1H3,(H2,18,21). The predicted octanol–water partition coefficient (Wildman–Crippen LogP) is 2.24. The Morgan fingerprint density at radius 3 is 2.76 bits per heavy atom. The molecule has 0 bridgehead atoms. The van der Waals surface area contributed by atoms with Crippen LogP contribution in [-0.4, -0.2) is 22.1 Å². The van der Waals surface area contributed by atoms with Crippen molar-refractivity contribution < 1.29 is 9.90 Å². The van der Waals surface area contributed by atoms with Crippen LogP contribution in [-0.2, 0) is 12.8 Å². The minimum Gasteiger partial charge on any atom is -0.392 e. The van der Waals surface area contributed by atoms with Crippen LogP contribution in [0.5, 0.6) is 0 Å². The van der Waals surface area contributed by atoms with E-state index >= 15 is 0 Å². The fourth-order valence-electron chi connectivity index (χ4n) is 3.66. The number of carbonyl (C=O) groups is 1. The lowest BCUT2D eigenvalue weighted by molar-refractivity contribution is 0.100. The van der Waals surface area contributed by atoms with Crippen molar-refractivity contribution in [3.8, 4) is 0 Å². The first kappa shape index (κ1) is 12.9. The van der Waals surface area contributed by atoms with E-state index in [1.807, 2.05) is 6.07 Å². The fourth-order valence-corrected chi connectivity index (χ4v) is 3.66. The lowest BCUT2D eigenvalue weighted by Crippen LogP contribution is -2.27. The number of rotatable bonds is 2. The number of benzene rings is 1. The summed E-state index contributed by atoms with van der Waals surface area (Å²) in [6.07, 6.45) is 3.61. The van der Waals surface area contributed by atoms with E-state index in [0.717, 1.165) is 17.3 Å². The second kappa shape index (κ2) is 4.34. The average molecular weight is 284 g/mol. The average Bonchev–Trinajstić information content (AvgIpc) is 3.21. The van der Waals surface area contributed by atoms with Crippen LogP contribution in [0.1, 0.15) is 52.9 Å². The van der Waals surface area contributed by atoms with Gasteiger partial charge in [0.25, 0.3) is 5.91 Å². The van der Waals surface area contributed by atoms with Crippen molar-refractivity contribution in [1.29, 1.82) is 0 Å². The van der Waals surface area contributed by atoms with Gasteiger partial charge in [-0.3, -0.25) is 4.79 Å². The van der Waals surface area contributed by atoms with Crippen LogP contribution in [0.15, 0.2) is 12.1 Å². The molecule has 2 aromatic rings. The molecule has 1 aromatic heterocycles. The molecular weight excluding hydrogens is 264 g/mol. The third-order valence-corrected chi connectivity index (χ3v) is 5.06. The molecular formula is C17H20N2O2. The Bertz CT molecular complexity index is 743. The molecule has 0 saturated heterocycles. The molecule has 4 N–H and O–H groups in total. The molecule has 110 valence electrons. The van der Waals surface area contributed by atoms with Crippen molar-refractivity contribution in [3.63, 3.8) is 0 Å². The molecule has 4 heteroatoms. The van der Waals surface area contributed by atoms with Gasteiger partial charge in [-0.2, -0.15) is 0 Å². The topological polar surface area (TPSA) is 79.1 Å². The minimum atomic E-state index is -0.394. The third kappa shape index (κ3) is 1.89. The Labute approximate surface area is 123 Å². The predicted molar refractivity (Wildman–Crippen MR) is 81.4 cm³/mol. The molecule has 1 amide bonds. The zero-order valence-corrected chi connectivity index (χ0v) is 12.1. The molecule has 0 radical (unpaired) electrons. The van der Waals surface area contributed by atoms with Gasteiger partial charge in [0.05, 0.1) is 17.2 Å². The molecule has 1 saturated carbocycles. The normalized spacial score (nSPS) is 25.0. The van der Waals surface area contributed by atoms with Gasteiger partial charge in [0.1, 0.15) is 0 Å². The number of fused-ring (bicyclic) bond motifs is 3. The maximum absolute atomic E-state index is 11.7. The van der Waals surface area contributed by atoms with Gasteiger partial charge >= 0.3 is 0 Å². The summed E-state index contributed by atoms with van der Waals surface area (Å²) in [6, 6.07) is 3.90. The number of aliphatic hydroxyl groups excluding tert-OH is 1. The summed E-state index contributed by atoms with van der Waals surface area (Å²) in [6.45, 7) is 2.07. The maximum Gasteiger partial charge on any atom is 0.250 e. The van der Waals surface area contributed by atoms with Crippen LogP contribution in [0.25, 0.3) is 10.9 Å². The maximum atomic E-state index is 11.7. The van der Waals surface area contributed by atoms with Gasteiger partial charge in [-0.25, -0.2) is 0 Å². The molecule has 2 unspecified atom stereocenters. The largest absolute Gasteiger partial charge is 0.392 e. The first-order valence-electron chi connectivity index (χ1n) is 7.70. The van der Waals surface area contributed by atoms with Gasteiger partial charge in [-0.05, 0) is 48.3 Å². The number of primary amides is 1. The van der Waals surface area contributed by atoms with Crippen LogP contribution in [0.3, 0.4) is 0 Å². The van der Waals surface area contributed by atoms with Crippen molar-refractivity contribution in [2.75, 3.05) is 0 Å². The van der Waals surface area contributed by atoms with Gasteiger partial charge in [0, 0.05) is 17.5 Å². The number of amides is 1. The molecule has 0 aliphatic heterocycles. The highest BCUT2D eigenvalue weighted by molar-refractivity contribution is 6.07. The lowest BCUT2D eigenvalue weighted by atomic mass is 9.84. The first-order chi connectivity index (χ1) is 10.1. The molecule has 2 aliphatic rings. The molecule has 21 heavy (non-hydrogen) atoms. The van der Waals surface area contributed by atoms with Crippen LogP contribution in [0.2, 0.25) is 0 Å². The number of aromatic amines is 1. The Kier molecular flexibility index (Phi) is 2.67. The Hall–Kier alpha value is -1.81. The SMILES string of the molecule is CC1Cc2[nH]c3c(C(N)=O)ccc(C4CC4)c3c2CC1O. The van der Waals surface area contributed by atoms with Gasteiger partial charge in [0.15, 0.2) is 0 Å². The number of nitrogens with two attached hydrogens (primary N) is 1. The van der Waals surface area contributed by atoms with Crippen molar-refractivity contribution >= 4 is 16.8 Å². The first-order valence-corrected chi connectivity index (χ1v) is 7.70. The molecule has 1 heterocycles. The number of nitrogens with one attached hydrogen (secondary N) is 1. The minimum absolute atomic E-state index is 0.243. The Balaban J connectivity index is 2.01. The zero-order chi connectivity index (χ0) is 14.7.